The number of hydrogen-bond acceptors (Lipinski definition) is 2. The molecule has 2 nitrogen and oxygen atoms in total. The zero-order chi connectivity index (χ0) is 12.6. The normalized spacial score (nSPS) is 10.5. The summed E-state index contributed by atoms with van der Waals surface area (Å²) in [5.41, 5.74) is 5.17. The second-order valence-corrected chi connectivity index (χ2v) is 4.43. The average Bonchev–Trinajstić information content (AvgIpc) is 2.27. The van der Waals surface area contributed by atoms with Crippen molar-refractivity contribution in [2.45, 2.75) is 20.8 Å². The molecule has 2 rings (SSSR count). The van der Waals surface area contributed by atoms with Gasteiger partial charge >= 0.3 is 0 Å². The third-order valence-corrected chi connectivity index (χ3v) is 3.16. The Hall–Kier alpha value is -1.96. The van der Waals surface area contributed by atoms with Crippen molar-refractivity contribution in [3.63, 3.8) is 0 Å². The Kier molecular flexibility index (Phi) is 2.80. The van der Waals surface area contributed by atoms with Gasteiger partial charge in [0.1, 0.15) is 11.5 Å². The molecule has 0 aliphatic carbocycles. The fraction of sp³-hybridized carbons (Fsp3) is 0.200. The summed E-state index contributed by atoms with van der Waals surface area (Å²) in [7, 11) is 0. The minimum Gasteiger partial charge on any atom is -0.508 e. The molecule has 0 spiro atoms. The molecule has 2 aromatic rings. The van der Waals surface area contributed by atoms with Crippen LogP contribution in [-0.4, -0.2) is 10.2 Å². The minimum atomic E-state index is 0.242. The zero-order valence-corrected chi connectivity index (χ0v) is 10.3. The van der Waals surface area contributed by atoms with Crippen molar-refractivity contribution >= 4 is 0 Å². The molecule has 88 valence electrons. The first-order valence-corrected chi connectivity index (χ1v) is 5.59. The van der Waals surface area contributed by atoms with Gasteiger partial charge in [0.05, 0.1) is 0 Å². The van der Waals surface area contributed by atoms with E-state index in [1.165, 1.54) is 0 Å². The molecule has 2 heteroatoms. The highest BCUT2D eigenvalue weighted by Crippen LogP contribution is 2.33. The first kappa shape index (κ1) is 11.5. The molecule has 17 heavy (non-hydrogen) atoms. The smallest absolute Gasteiger partial charge is 0.116 e. The van der Waals surface area contributed by atoms with Crippen LogP contribution in [0.5, 0.6) is 11.5 Å². The van der Waals surface area contributed by atoms with Crippen molar-refractivity contribution in [1.82, 2.24) is 0 Å². The molecule has 0 heterocycles. The lowest BCUT2D eigenvalue weighted by molar-refractivity contribution is 0.473. The molecule has 2 aromatic carbocycles. The van der Waals surface area contributed by atoms with Gasteiger partial charge in [0.25, 0.3) is 0 Å². The van der Waals surface area contributed by atoms with Crippen LogP contribution in [0, 0.1) is 20.8 Å². The van der Waals surface area contributed by atoms with Crippen molar-refractivity contribution in [2.24, 2.45) is 0 Å². The van der Waals surface area contributed by atoms with E-state index in [0.717, 1.165) is 27.8 Å². The first-order chi connectivity index (χ1) is 7.99. The van der Waals surface area contributed by atoms with Crippen LogP contribution in [0.25, 0.3) is 11.1 Å². The third-order valence-electron chi connectivity index (χ3n) is 3.16. The van der Waals surface area contributed by atoms with Crippen LogP contribution in [0.15, 0.2) is 30.3 Å². The number of benzene rings is 2. The van der Waals surface area contributed by atoms with E-state index in [9.17, 15) is 10.2 Å². The Balaban J connectivity index is 2.72. The molecule has 0 atom stereocenters. The lowest BCUT2D eigenvalue weighted by atomic mass is 9.93. The Bertz CT molecular complexity index is 571. The van der Waals surface area contributed by atoms with Gasteiger partial charge in [0.2, 0.25) is 0 Å². The van der Waals surface area contributed by atoms with Gasteiger partial charge in [-0.1, -0.05) is 6.07 Å². The van der Waals surface area contributed by atoms with Crippen molar-refractivity contribution in [3.8, 4) is 22.6 Å². The molecule has 0 amide bonds. The summed E-state index contributed by atoms with van der Waals surface area (Å²) in [6.07, 6.45) is 0. The van der Waals surface area contributed by atoms with Gasteiger partial charge in [-0.05, 0) is 72.9 Å². The summed E-state index contributed by atoms with van der Waals surface area (Å²) in [6.45, 7) is 5.98. The number of aromatic hydroxyl groups is 2. The van der Waals surface area contributed by atoms with Crippen molar-refractivity contribution in [3.05, 3.63) is 47.0 Å². The maximum atomic E-state index is 9.68. The highest BCUT2D eigenvalue weighted by atomic mass is 16.3. The van der Waals surface area contributed by atoms with Gasteiger partial charge < -0.3 is 10.2 Å². The number of aryl methyl sites for hydroxylation is 2. The van der Waals surface area contributed by atoms with E-state index in [0.29, 0.717) is 0 Å². The van der Waals surface area contributed by atoms with Crippen LogP contribution in [-0.2, 0) is 0 Å². The summed E-state index contributed by atoms with van der Waals surface area (Å²) in [5.74, 6) is 0.497. The van der Waals surface area contributed by atoms with Gasteiger partial charge in [-0.3, -0.25) is 0 Å². The fourth-order valence-corrected chi connectivity index (χ4v) is 2.02. The maximum Gasteiger partial charge on any atom is 0.116 e. The monoisotopic (exact) mass is 228 g/mol. The molecule has 0 unspecified atom stereocenters. The minimum absolute atomic E-state index is 0.242. The molecule has 0 bridgehead atoms. The highest BCUT2D eigenvalue weighted by Gasteiger charge is 2.09. The van der Waals surface area contributed by atoms with E-state index in [1.54, 1.807) is 24.3 Å². The number of phenolic OH excluding ortho intramolecular Hbond substituents is 2. The van der Waals surface area contributed by atoms with E-state index in [4.69, 9.17) is 0 Å². The molecule has 0 aliphatic heterocycles. The predicted molar refractivity (Wildman–Crippen MR) is 69.4 cm³/mol. The molecule has 0 fully saturated rings. The van der Waals surface area contributed by atoms with Gasteiger partial charge in [-0.25, -0.2) is 0 Å². The SMILES string of the molecule is Cc1ccc(O)cc1-c1cc(O)cc(C)c1C. The molecule has 0 aliphatic rings. The van der Waals surface area contributed by atoms with Gasteiger partial charge in [-0.2, -0.15) is 0 Å². The summed E-state index contributed by atoms with van der Waals surface area (Å²) in [5, 5.41) is 19.2. The summed E-state index contributed by atoms with van der Waals surface area (Å²) >= 11 is 0. The van der Waals surface area contributed by atoms with Crippen LogP contribution in [0.1, 0.15) is 16.7 Å². The lowest BCUT2D eigenvalue weighted by Gasteiger charge is -2.12. The number of phenols is 2. The largest absolute Gasteiger partial charge is 0.508 e. The van der Waals surface area contributed by atoms with Crippen molar-refractivity contribution in [1.29, 1.82) is 0 Å². The highest BCUT2D eigenvalue weighted by molar-refractivity contribution is 5.74. The molecule has 0 aromatic heterocycles. The van der Waals surface area contributed by atoms with Crippen LogP contribution in [0.3, 0.4) is 0 Å². The van der Waals surface area contributed by atoms with Crippen LogP contribution in [0.2, 0.25) is 0 Å². The number of rotatable bonds is 1. The Morgan fingerprint density at radius 1 is 0.706 bits per heavy atom. The molecule has 0 saturated carbocycles. The summed E-state index contributed by atoms with van der Waals surface area (Å²) in [6, 6.07) is 8.77. The van der Waals surface area contributed by atoms with Gasteiger partial charge in [-0.15, -0.1) is 0 Å². The third kappa shape index (κ3) is 2.11. The van der Waals surface area contributed by atoms with Crippen LogP contribution < -0.4 is 0 Å². The van der Waals surface area contributed by atoms with Crippen molar-refractivity contribution < 1.29 is 10.2 Å². The van der Waals surface area contributed by atoms with Crippen LogP contribution >= 0.6 is 0 Å². The summed E-state index contributed by atoms with van der Waals surface area (Å²) in [4.78, 5) is 0. The fourth-order valence-electron chi connectivity index (χ4n) is 2.02. The van der Waals surface area contributed by atoms with E-state index in [-0.39, 0.29) is 11.5 Å². The molecule has 0 saturated heterocycles. The number of hydrogen-bond donors (Lipinski definition) is 2. The Labute approximate surface area is 101 Å². The van der Waals surface area contributed by atoms with Gasteiger partial charge in [0, 0.05) is 0 Å². The molecular formula is C15H16O2. The van der Waals surface area contributed by atoms with E-state index in [1.807, 2.05) is 26.8 Å². The quantitative estimate of drug-likeness (QED) is 0.781. The predicted octanol–water partition coefficient (Wildman–Crippen LogP) is 3.69. The van der Waals surface area contributed by atoms with Gasteiger partial charge in [0.15, 0.2) is 0 Å². The topological polar surface area (TPSA) is 40.5 Å². The second kappa shape index (κ2) is 4.13. The standard InChI is InChI=1S/C15H16O2/c1-9-4-5-12(16)7-14(9)15-8-13(17)6-10(2)11(15)3/h4-8,16-17H,1-3H3. The van der Waals surface area contributed by atoms with Crippen molar-refractivity contribution in [2.75, 3.05) is 0 Å². The average molecular weight is 228 g/mol. The maximum absolute atomic E-state index is 9.68. The lowest BCUT2D eigenvalue weighted by Crippen LogP contribution is -1.90. The van der Waals surface area contributed by atoms with E-state index in [2.05, 4.69) is 0 Å². The van der Waals surface area contributed by atoms with Crippen LogP contribution in [0.4, 0.5) is 0 Å². The summed E-state index contributed by atoms with van der Waals surface area (Å²) < 4.78 is 0. The van der Waals surface area contributed by atoms with E-state index < -0.39 is 0 Å². The Morgan fingerprint density at radius 2 is 1.35 bits per heavy atom. The molecule has 0 radical (unpaired) electrons. The molecule has 2 N–H and O–H groups in total. The Morgan fingerprint density at radius 3 is 2.06 bits per heavy atom. The first-order valence-electron chi connectivity index (χ1n) is 5.59. The zero-order valence-electron chi connectivity index (χ0n) is 10.3. The second-order valence-electron chi connectivity index (χ2n) is 4.43. The van der Waals surface area contributed by atoms with E-state index >= 15 is 0 Å². The molecular weight excluding hydrogens is 212 g/mol.